The second kappa shape index (κ2) is 3.76. The largest absolute Gasteiger partial charge is 0.348 e. The van der Waals surface area contributed by atoms with Gasteiger partial charge in [-0.1, -0.05) is 41.0 Å². The zero-order valence-corrected chi connectivity index (χ0v) is 10.0. The van der Waals surface area contributed by atoms with E-state index >= 15 is 0 Å². The van der Waals surface area contributed by atoms with Crippen molar-refractivity contribution in [2.45, 2.75) is 52.9 Å². The highest BCUT2D eigenvalue weighted by atomic mass is 14.9. The quantitative estimate of drug-likeness (QED) is 0.780. The predicted molar refractivity (Wildman–Crippen MR) is 60.3 cm³/mol. The Balaban J connectivity index is 2.77. The van der Waals surface area contributed by atoms with Gasteiger partial charge >= 0.3 is 0 Å². The molecule has 0 amide bonds. The lowest BCUT2D eigenvalue weighted by molar-refractivity contribution is 0.245. The van der Waals surface area contributed by atoms with Crippen LogP contribution < -0.4 is 0 Å². The molecule has 0 aliphatic rings. The second-order valence-corrected chi connectivity index (χ2v) is 5.54. The van der Waals surface area contributed by atoms with E-state index in [0.29, 0.717) is 5.41 Å². The topological polar surface area (TPSA) is 28.7 Å². The van der Waals surface area contributed by atoms with Crippen LogP contribution in [0.5, 0.6) is 0 Å². The molecule has 14 heavy (non-hydrogen) atoms. The third kappa shape index (κ3) is 2.60. The molecule has 0 unspecified atom stereocenters. The van der Waals surface area contributed by atoms with Gasteiger partial charge in [0.05, 0.1) is 6.33 Å². The van der Waals surface area contributed by atoms with Crippen molar-refractivity contribution in [2.24, 2.45) is 5.41 Å². The molecule has 1 heterocycles. The Bertz CT molecular complexity index is 271. The van der Waals surface area contributed by atoms with E-state index in [1.54, 1.807) is 6.33 Å². The minimum atomic E-state index is 0.190. The van der Waals surface area contributed by atoms with Gasteiger partial charge < -0.3 is 4.98 Å². The first-order valence-electron chi connectivity index (χ1n) is 5.36. The Kier molecular flexibility index (Phi) is 3.03. The minimum absolute atomic E-state index is 0.190. The van der Waals surface area contributed by atoms with Gasteiger partial charge in [0.25, 0.3) is 0 Å². The summed E-state index contributed by atoms with van der Waals surface area (Å²) in [5.41, 5.74) is 1.82. The highest BCUT2D eigenvalue weighted by Crippen LogP contribution is 2.37. The third-order valence-corrected chi connectivity index (χ3v) is 3.10. The summed E-state index contributed by atoms with van der Waals surface area (Å²) in [5, 5.41) is 0. The van der Waals surface area contributed by atoms with Gasteiger partial charge in [0.15, 0.2) is 0 Å². The molecule has 0 radical (unpaired) electrons. The fourth-order valence-electron chi connectivity index (χ4n) is 2.04. The van der Waals surface area contributed by atoms with Crippen LogP contribution in [0.15, 0.2) is 12.5 Å². The van der Waals surface area contributed by atoms with Crippen LogP contribution in [0, 0.1) is 5.41 Å². The maximum Gasteiger partial charge on any atom is 0.0921 e. The molecule has 0 aliphatic heterocycles. The third-order valence-electron chi connectivity index (χ3n) is 3.10. The average Bonchev–Trinajstić information content (AvgIpc) is 2.54. The van der Waals surface area contributed by atoms with Gasteiger partial charge in [-0.3, -0.25) is 0 Å². The molecule has 0 spiro atoms. The zero-order valence-electron chi connectivity index (χ0n) is 10.0. The van der Waals surface area contributed by atoms with Gasteiger partial charge in [0.1, 0.15) is 0 Å². The lowest BCUT2D eigenvalue weighted by atomic mass is 9.72. The number of rotatable bonds is 4. The second-order valence-electron chi connectivity index (χ2n) is 5.54. The smallest absolute Gasteiger partial charge is 0.0921 e. The van der Waals surface area contributed by atoms with Gasteiger partial charge in [-0.2, -0.15) is 0 Å². The summed E-state index contributed by atoms with van der Waals surface area (Å²) in [6.07, 6.45) is 6.09. The summed E-state index contributed by atoms with van der Waals surface area (Å²) >= 11 is 0. The van der Waals surface area contributed by atoms with Crippen molar-refractivity contribution in [1.29, 1.82) is 0 Å². The molecule has 0 saturated carbocycles. The molecule has 80 valence electrons. The summed E-state index contributed by atoms with van der Waals surface area (Å²) < 4.78 is 0. The number of H-pyrrole nitrogens is 1. The Morgan fingerprint density at radius 1 is 1.29 bits per heavy atom. The van der Waals surface area contributed by atoms with Crippen LogP contribution in [0.2, 0.25) is 0 Å². The van der Waals surface area contributed by atoms with Crippen molar-refractivity contribution < 1.29 is 0 Å². The highest BCUT2D eigenvalue weighted by molar-refractivity contribution is 5.10. The molecule has 0 bridgehead atoms. The van der Waals surface area contributed by atoms with E-state index in [1.807, 2.05) is 6.20 Å². The van der Waals surface area contributed by atoms with Crippen LogP contribution in [0.3, 0.4) is 0 Å². The van der Waals surface area contributed by atoms with Gasteiger partial charge in [0, 0.05) is 17.3 Å². The molecule has 0 aromatic carbocycles. The van der Waals surface area contributed by atoms with Crippen molar-refractivity contribution in [3.63, 3.8) is 0 Å². The number of hydrogen-bond acceptors (Lipinski definition) is 1. The SMILES string of the molecule is CCC(C)(C)CC(C)(C)c1cnc[nH]1. The summed E-state index contributed by atoms with van der Waals surface area (Å²) in [7, 11) is 0. The molecule has 1 aromatic heterocycles. The number of imidazole rings is 1. The number of aromatic nitrogens is 2. The molecule has 0 aliphatic carbocycles. The lowest BCUT2D eigenvalue weighted by Crippen LogP contribution is -2.26. The fraction of sp³-hybridized carbons (Fsp3) is 0.750. The van der Waals surface area contributed by atoms with E-state index in [0.717, 1.165) is 0 Å². The van der Waals surface area contributed by atoms with Crippen LogP contribution in [-0.4, -0.2) is 9.97 Å². The Morgan fingerprint density at radius 3 is 2.36 bits per heavy atom. The maximum absolute atomic E-state index is 4.09. The molecule has 1 rings (SSSR count). The van der Waals surface area contributed by atoms with Crippen LogP contribution in [0.1, 0.15) is 53.2 Å². The van der Waals surface area contributed by atoms with Gasteiger partial charge in [-0.05, 0) is 11.8 Å². The van der Waals surface area contributed by atoms with Crippen LogP contribution in [0.4, 0.5) is 0 Å². The van der Waals surface area contributed by atoms with E-state index in [1.165, 1.54) is 18.5 Å². The molecule has 0 atom stereocenters. The van der Waals surface area contributed by atoms with Crippen molar-refractivity contribution in [3.8, 4) is 0 Å². The molecule has 1 aromatic rings. The summed E-state index contributed by atoms with van der Waals surface area (Å²) in [5.74, 6) is 0. The van der Waals surface area contributed by atoms with E-state index in [2.05, 4.69) is 44.6 Å². The number of nitrogens with zero attached hydrogens (tertiary/aromatic N) is 1. The van der Waals surface area contributed by atoms with Crippen LogP contribution >= 0.6 is 0 Å². The zero-order chi connectivity index (χ0) is 10.8. The van der Waals surface area contributed by atoms with Crippen molar-refractivity contribution >= 4 is 0 Å². The lowest BCUT2D eigenvalue weighted by Gasteiger charge is -2.33. The fourth-order valence-corrected chi connectivity index (χ4v) is 2.04. The first-order valence-corrected chi connectivity index (χ1v) is 5.36. The van der Waals surface area contributed by atoms with Crippen LogP contribution in [-0.2, 0) is 5.41 Å². The van der Waals surface area contributed by atoms with Crippen molar-refractivity contribution in [2.75, 3.05) is 0 Å². The Morgan fingerprint density at radius 2 is 1.93 bits per heavy atom. The predicted octanol–water partition coefficient (Wildman–Crippen LogP) is 3.51. The molecule has 0 fully saturated rings. The van der Waals surface area contributed by atoms with Gasteiger partial charge in [0.2, 0.25) is 0 Å². The standard InChI is InChI=1S/C12H22N2/c1-6-11(2,3)8-12(4,5)10-7-13-9-14-10/h7,9H,6,8H2,1-5H3,(H,13,14). The average molecular weight is 194 g/mol. The molecular formula is C12H22N2. The molecular weight excluding hydrogens is 172 g/mol. The van der Waals surface area contributed by atoms with E-state index < -0.39 is 0 Å². The first-order chi connectivity index (χ1) is 6.37. The van der Waals surface area contributed by atoms with Crippen LogP contribution in [0.25, 0.3) is 0 Å². The molecule has 1 N–H and O–H groups in total. The van der Waals surface area contributed by atoms with Gasteiger partial charge in [-0.15, -0.1) is 0 Å². The van der Waals surface area contributed by atoms with Crippen molar-refractivity contribution in [3.05, 3.63) is 18.2 Å². The Hall–Kier alpha value is -0.790. The summed E-state index contributed by atoms with van der Waals surface area (Å²) in [4.78, 5) is 7.30. The van der Waals surface area contributed by atoms with E-state index in [4.69, 9.17) is 0 Å². The Labute approximate surface area is 87.1 Å². The number of hydrogen-bond donors (Lipinski definition) is 1. The minimum Gasteiger partial charge on any atom is -0.348 e. The molecule has 0 saturated heterocycles. The van der Waals surface area contributed by atoms with Gasteiger partial charge in [-0.25, -0.2) is 4.98 Å². The summed E-state index contributed by atoms with van der Waals surface area (Å²) in [6.45, 7) is 11.5. The molecule has 2 heteroatoms. The van der Waals surface area contributed by atoms with Crippen molar-refractivity contribution in [1.82, 2.24) is 9.97 Å². The normalized spacial score (nSPS) is 13.2. The number of aromatic amines is 1. The highest BCUT2D eigenvalue weighted by Gasteiger charge is 2.29. The summed E-state index contributed by atoms with van der Waals surface area (Å²) in [6, 6.07) is 0. The monoisotopic (exact) mass is 194 g/mol. The molecule has 2 nitrogen and oxygen atoms in total. The maximum atomic E-state index is 4.09. The first kappa shape index (κ1) is 11.3. The number of nitrogens with one attached hydrogen (secondary N) is 1. The van der Waals surface area contributed by atoms with E-state index in [9.17, 15) is 0 Å². The van der Waals surface area contributed by atoms with E-state index in [-0.39, 0.29) is 5.41 Å².